The first-order chi connectivity index (χ1) is 8.58. The molecule has 0 radical (unpaired) electrons. The van der Waals surface area contributed by atoms with Crippen LogP contribution in [0.5, 0.6) is 0 Å². The number of carbonyl (C=O) groups excluding carboxylic acids is 1. The summed E-state index contributed by atoms with van der Waals surface area (Å²) in [4.78, 5) is 24.5. The van der Waals surface area contributed by atoms with Crippen molar-refractivity contribution in [1.82, 2.24) is 10.2 Å². The minimum Gasteiger partial charge on any atom is -0.481 e. The number of nitrogens with zero attached hydrogens (tertiary/aromatic N) is 1. The van der Waals surface area contributed by atoms with Crippen molar-refractivity contribution in [1.29, 1.82) is 0 Å². The number of hydrogen-bond acceptors (Lipinski definition) is 3. The van der Waals surface area contributed by atoms with Gasteiger partial charge < -0.3 is 15.3 Å². The highest BCUT2D eigenvalue weighted by Gasteiger charge is 2.37. The minimum atomic E-state index is -0.801. The fourth-order valence-corrected chi connectivity index (χ4v) is 3.83. The van der Waals surface area contributed by atoms with E-state index in [4.69, 9.17) is 5.11 Å². The Balaban J connectivity index is 1.77. The zero-order valence-electron chi connectivity index (χ0n) is 10.6. The van der Waals surface area contributed by atoms with Crippen molar-refractivity contribution < 1.29 is 14.7 Å². The van der Waals surface area contributed by atoms with Crippen LogP contribution in [0, 0.1) is 17.8 Å². The topological polar surface area (TPSA) is 69.6 Å². The summed E-state index contributed by atoms with van der Waals surface area (Å²) in [6, 6.07) is -0.109. The SMILES string of the molecule is C[C@@H]1CN(C(=O)NCC2CCSC2)C[C@H]1C(=O)O. The van der Waals surface area contributed by atoms with E-state index in [2.05, 4.69) is 5.32 Å². The molecule has 6 heteroatoms. The van der Waals surface area contributed by atoms with Gasteiger partial charge in [0, 0.05) is 19.6 Å². The number of hydrogen-bond donors (Lipinski definition) is 2. The normalized spacial score (nSPS) is 31.6. The molecule has 2 amide bonds. The maximum Gasteiger partial charge on any atom is 0.317 e. The van der Waals surface area contributed by atoms with Gasteiger partial charge in [0.1, 0.15) is 0 Å². The van der Waals surface area contributed by atoms with Gasteiger partial charge >= 0.3 is 12.0 Å². The minimum absolute atomic E-state index is 0.0373. The lowest BCUT2D eigenvalue weighted by Gasteiger charge is -2.18. The van der Waals surface area contributed by atoms with E-state index in [0.29, 0.717) is 25.6 Å². The molecule has 2 heterocycles. The average Bonchev–Trinajstić information content (AvgIpc) is 2.94. The maximum absolute atomic E-state index is 11.9. The van der Waals surface area contributed by atoms with Gasteiger partial charge in [0.05, 0.1) is 5.92 Å². The van der Waals surface area contributed by atoms with Crippen LogP contribution < -0.4 is 5.32 Å². The molecule has 2 saturated heterocycles. The molecule has 0 aromatic heterocycles. The smallest absolute Gasteiger partial charge is 0.317 e. The quantitative estimate of drug-likeness (QED) is 0.807. The predicted molar refractivity (Wildman–Crippen MR) is 70.7 cm³/mol. The highest BCUT2D eigenvalue weighted by molar-refractivity contribution is 7.99. The summed E-state index contributed by atoms with van der Waals surface area (Å²) in [6.45, 7) is 3.48. The summed E-state index contributed by atoms with van der Waals surface area (Å²) >= 11 is 1.93. The first-order valence-electron chi connectivity index (χ1n) is 6.41. The molecule has 0 aliphatic carbocycles. The van der Waals surface area contributed by atoms with E-state index in [1.807, 2.05) is 18.7 Å². The largest absolute Gasteiger partial charge is 0.481 e. The monoisotopic (exact) mass is 272 g/mol. The highest BCUT2D eigenvalue weighted by atomic mass is 32.2. The van der Waals surface area contributed by atoms with Gasteiger partial charge in [-0.1, -0.05) is 6.92 Å². The van der Waals surface area contributed by atoms with E-state index in [9.17, 15) is 9.59 Å². The molecule has 2 rings (SSSR count). The lowest BCUT2D eigenvalue weighted by molar-refractivity contribution is -0.142. The predicted octanol–water partition coefficient (Wildman–Crippen LogP) is 1.10. The second-order valence-electron chi connectivity index (χ2n) is 5.24. The Labute approximate surface area is 111 Å². The molecule has 0 saturated carbocycles. The molecule has 0 spiro atoms. The third-order valence-electron chi connectivity index (χ3n) is 3.78. The van der Waals surface area contributed by atoms with Crippen LogP contribution in [0.1, 0.15) is 13.3 Å². The summed E-state index contributed by atoms with van der Waals surface area (Å²) in [5.41, 5.74) is 0. The van der Waals surface area contributed by atoms with Crippen LogP contribution in [0.25, 0.3) is 0 Å². The molecule has 1 unspecified atom stereocenters. The van der Waals surface area contributed by atoms with Crippen molar-refractivity contribution >= 4 is 23.8 Å². The van der Waals surface area contributed by atoms with Gasteiger partial charge in [-0.2, -0.15) is 11.8 Å². The molecule has 2 N–H and O–H groups in total. The molecular formula is C12H20N2O3S. The van der Waals surface area contributed by atoms with Crippen molar-refractivity contribution in [2.24, 2.45) is 17.8 Å². The van der Waals surface area contributed by atoms with Crippen molar-refractivity contribution in [2.75, 3.05) is 31.1 Å². The number of carboxylic acids is 1. The number of rotatable bonds is 3. The van der Waals surface area contributed by atoms with Crippen LogP contribution in [0.2, 0.25) is 0 Å². The Morgan fingerprint density at radius 2 is 2.22 bits per heavy atom. The Kier molecular flexibility index (Phi) is 4.37. The van der Waals surface area contributed by atoms with Crippen molar-refractivity contribution in [2.45, 2.75) is 13.3 Å². The van der Waals surface area contributed by atoms with E-state index in [-0.39, 0.29) is 11.9 Å². The Bertz CT molecular complexity index is 331. The molecule has 5 nitrogen and oxygen atoms in total. The van der Waals surface area contributed by atoms with Crippen LogP contribution in [0.4, 0.5) is 4.79 Å². The van der Waals surface area contributed by atoms with E-state index < -0.39 is 11.9 Å². The van der Waals surface area contributed by atoms with Crippen LogP contribution in [0.15, 0.2) is 0 Å². The van der Waals surface area contributed by atoms with E-state index in [1.54, 1.807) is 4.90 Å². The Morgan fingerprint density at radius 1 is 1.44 bits per heavy atom. The fourth-order valence-electron chi connectivity index (χ4n) is 2.54. The van der Waals surface area contributed by atoms with Gasteiger partial charge in [0.25, 0.3) is 0 Å². The second-order valence-corrected chi connectivity index (χ2v) is 6.39. The van der Waals surface area contributed by atoms with Crippen LogP contribution >= 0.6 is 11.8 Å². The highest BCUT2D eigenvalue weighted by Crippen LogP contribution is 2.24. The van der Waals surface area contributed by atoms with Crippen molar-refractivity contribution in [3.63, 3.8) is 0 Å². The third kappa shape index (κ3) is 3.10. The molecule has 2 fully saturated rings. The van der Waals surface area contributed by atoms with Gasteiger partial charge in [-0.3, -0.25) is 4.79 Å². The average molecular weight is 272 g/mol. The second kappa shape index (κ2) is 5.82. The van der Waals surface area contributed by atoms with Gasteiger partial charge in [-0.25, -0.2) is 4.79 Å². The van der Waals surface area contributed by atoms with Gasteiger partial charge in [0.15, 0.2) is 0 Å². The van der Waals surface area contributed by atoms with Crippen molar-refractivity contribution in [3.05, 3.63) is 0 Å². The number of carboxylic acid groups (broad SMARTS) is 1. The van der Waals surface area contributed by atoms with Gasteiger partial charge in [0.2, 0.25) is 0 Å². The lowest BCUT2D eigenvalue weighted by atomic mass is 9.99. The lowest BCUT2D eigenvalue weighted by Crippen LogP contribution is -2.41. The molecule has 18 heavy (non-hydrogen) atoms. The number of likely N-dealkylation sites (tertiary alicyclic amines) is 1. The zero-order valence-corrected chi connectivity index (χ0v) is 11.4. The third-order valence-corrected chi connectivity index (χ3v) is 5.01. The van der Waals surface area contributed by atoms with Crippen LogP contribution in [0.3, 0.4) is 0 Å². The number of urea groups is 1. The fraction of sp³-hybridized carbons (Fsp3) is 0.833. The van der Waals surface area contributed by atoms with Crippen LogP contribution in [-0.2, 0) is 4.79 Å². The van der Waals surface area contributed by atoms with E-state index in [1.165, 1.54) is 12.2 Å². The summed E-state index contributed by atoms with van der Waals surface area (Å²) < 4.78 is 0. The zero-order chi connectivity index (χ0) is 13.1. The first kappa shape index (κ1) is 13.5. The Morgan fingerprint density at radius 3 is 2.78 bits per heavy atom. The molecule has 2 aliphatic heterocycles. The number of amides is 2. The number of aliphatic carboxylic acids is 1. The standard InChI is InChI=1S/C12H20N2O3S/c1-8-5-14(6-10(8)11(15)16)12(17)13-4-9-2-3-18-7-9/h8-10H,2-7H2,1H3,(H,13,17)(H,15,16)/t8-,9?,10-/m1/s1. The van der Waals surface area contributed by atoms with Gasteiger partial charge in [-0.15, -0.1) is 0 Å². The molecule has 0 aromatic rings. The maximum atomic E-state index is 11.9. The molecule has 3 atom stereocenters. The Hall–Kier alpha value is -0.910. The van der Waals surface area contributed by atoms with E-state index >= 15 is 0 Å². The molecule has 0 aromatic carbocycles. The van der Waals surface area contributed by atoms with Gasteiger partial charge in [-0.05, 0) is 29.8 Å². The summed E-state index contributed by atoms with van der Waals surface area (Å²) in [6.07, 6.45) is 1.17. The van der Waals surface area contributed by atoms with Crippen LogP contribution in [-0.4, -0.2) is 53.1 Å². The van der Waals surface area contributed by atoms with Crippen molar-refractivity contribution in [3.8, 4) is 0 Å². The molecular weight excluding hydrogens is 252 g/mol. The summed E-state index contributed by atoms with van der Waals surface area (Å²) in [5, 5.41) is 12.0. The first-order valence-corrected chi connectivity index (χ1v) is 7.56. The molecule has 0 bridgehead atoms. The summed E-state index contributed by atoms with van der Waals surface area (Å²) in [7, 11) is 0. The number of thioether (sulfide) groups is 1. The number of carbonyl (C=O) groups is 2. The summed E-state index contributed by atoms with van der Waals surface area (Å²) in [5.74, 6) is 1.70. The van der Waals surface area contributed by atoms with E-state index in [0.717, 1.165) is 5.75 Å². The number of nitrogens with one attached hydrogen (secondary N) is 1. The molecule has 2 aliphatic rings. The molecule has 102 valence electrons.